The van der Waals surface area contributed by atoms with Crippen LogP contribution in [0.2, 0.25) is 0 Å². The standard InChI is InChI=1S/C16H24N2O3/c1-4-18-9-7-13(8-10-18)17-16(19)12-5-6-14(20-2)15(11-12)21-3/h5-6,11,13H,4,7-10H2,1-3H3,(H,17,19). The topological polar surface area (TPSA) is 50.8 Å². The molecule has 0 radical (unpaired) electrons. The van der Waals surface area contributed by atoms with Crippen molar-refractivity contribution in [2.24, 2.45) is 0 Å². The molecular formula is C16H24N2O3. The van der Waals surface area contributed by atoms with E-state index in [2.05, 4.69) is 17.1 Å². The van der Waals surface area contributed by atoms with Crippen molar-refractivity contribution >= 4 is 5.91 Å². The second-order valence-electron chi connectivity index (χ2n) is 5.25. The largest absolute Gasteiger partial charge is 0.493 e. The summed E-state index contributed by atoms with van der Waals surface area (Å²) in [5.74, 6) is 1.15. The first-order valence-electron chi connectivity index (χ1n) is 7.43. The fourth-order valence-corrected chi connectivity index (χ4v) is 2.64. The van der Waals surface area contributed by atoms with Crippen LogP contribution in [0.5, 0.6) is 11.5 Å². The van der Waals surface area contributed by atoms with Crippen molar-refractivity contribution < 1.29 is 14.3 Å². The number of rotatable bonds is 5. The fraction of sp³-hybridized carbons (Fsp3) is 0.562. The highest BCUT2D eigenvalue weighted by molar-refractivity contribution is 5.95. The van der Waals surface area contributed by atoms with Crippen LogP contribution < -0.4 is 14.8 Å². The van der Waals surface area contributed by atoms with Gasteiger partial charge in [0.2, 0.25) is 0 Å². The molecule has 1 N–H and O–H groups in total. The van der Waals surface area contributed by atoms with E-state index in [1.54, 1.807) is 32.4 Å². The first-order valence-corrected chi connectivity index (χ1v) is 7.43. The summed E-state index contributed by atoms with van der Waals surface area (Å²) in [6.07, 6.45) is 2.01. The van der Waals surface area contributed by atoms with E-state index >= 15 is 0 Å². The zero-order valence-corrected chi connectivity index (χ0v) is 13.0. The average molecular weight is 292 g/mol. The first kappa shape index (κ1) is 15.6. The number of carbonyl (C=O) groups excluding carboxylic acids is 1. The van der Waals surface area contributed by atoms with Gasteiger partial charge in [-0.15, -0.1) is 0 Å². The highest BCUT2D eigenvalue weighted by Crippen LogP contribution is 2.27. The average Bonchev–Trinajstić information content (AvgIpc) is 2.54. The quantitative estimate of drug-likeness (QED) is 0.901. The molecule has 0 atom stereocenters. The summed E-state index contributed by atoms with van der Waals surface area (Å²) >= 11 is 0. The lowest BCUT2D eigenvalue weighted by Crippen LogP contribution is -2.44. The first-order chi connectivity index (χ1) is 10.2. The molecular weight excluding hydrogens is 268 g/mol. The number of hydrogen-bond donors (Lipinski definition) is 1. The Balaban J connectivity index is 1.97. The summed E-state index contributed by atoms with van der Waals surface area (Å²) < 4.78 is 10.4. The SMILES string of the molecule is CCN1CCC(NC(=O)c2ccc(OC)c(OC)c2)CC1. The smallest absolute Gasteiger partial charge is 0.251 e. The third-order valence-corrected chi connectivity index (χ3v) is 4.02. The zero-order valence-electron chi connectivity index (χ0n) is 13.0. The van der Waals surface area contributed by atoms with Crippen LogP contribution >= 0.6 is 0 Å². The van der Waals surface area contributed by atoms with E-state index in [4.69, 9.17) is 9.47 Å². The molecule has 5 heteroatoms. The number of piperidine rings is 1. The van der Waals surface area contributed by atoms with E-state index < -0.39 is 0 Å². The van der Waals surface area contributed by atoms with E-state index in [1.807, 2.05) is 0 Å². The lowest BCUT2D eigenvalue weighted by Gasteiger charge is -2.31. The van der Waals surface area contributed by atoms with Crippen LogP contribution in [0.25, 0.3) is 0 Å². The number of methoxy groups -OCH3 is 2. The second kappa shape index (κ2) is 7.31. The molecule has 0 unspecified atom stereocenters. The Morgan fingerprint density at radius 2 is 1.90 bits per heavy atom. The van der Waals surface area contributed by atoms with Gasteiger partial charge in [-0.25, -0.2) is 0 Å². The van der Waals surface area contributed by atoms with Crippen molar-refractivity contribution in [2.45, 2.75) is 25.8 Å². The summed E-state index contributed by atoms with van der Waals surface area (Å²) in [6, 6.07) is 5.49. The zero-order chi connectivity index (χ0) is 15.2. The number of nitrogens with zero attached hydrogens (tertiary/aromatic N) is 1. The van der Waals surface area contributed by atoms with Crippen molar-refractivity contribution in [1.29, 1.82) is 0 Å². The van der Waals surface area contributed by atoms with Gasteiger partial charge in [0.05, 0.1) is 14.2 Å². The predicted octanol–water partition coefficient (Wildman–Crippen LogP) is 1.92. The van der Waals surface area contributed by atoms with Gasteiger partial charge in [0.1, 0.15) is 0 Å². The monoisotopic (exact) mass is 292 g/mol. The van der Waals surface area contributed by atoms with Crippen LogP contribution in [0.15, 0.2) is 18.2 Å². The number of carbonyl (C=O) groups is 1. The van der Waals surface area contributed by atoms with Gasteiger partial charge in [-0.2, -0.15) is 0 Å². The van der Waals surface area contributed by atoms with Gasteiger partial charge in [0.15, 0.2) is 11.5 Å². The second-order valence-corrected chi connectivity index (χ2v) is 5.25. The van der Waals surface area contributed by atoms with Gasteiger partial charge in [-0.1, -0.05) is 6.92 Å². The lowest BCUT2D eigenvalue weighted by atomic mass is 10.0. The molecule has 5 nitrogen and oxygen atoms in total. The number of hydrogen-bond acceptors (Lipinski definition) is 4. The highest BCUT2D eigenvalue weighted by atomic mass is 16.5. The maximum atomic E-state index is 12.3. The molecule has 0 spiro atoms. The Bertz CT molecular complexity index is 482. The third-order valence-electron chi connectivity index (χ3n) is 4.02. The minimum absolute atomic E-state index is 0.0501. The Morgan fingerprint density at radius 1 is 1.24 bits per heavy atom. The normalized spacial score (nSPS) is 16.5. The molecule has 1 aromatic rings. The Hall–Kier alpha value is -1.75. The predicted molar refractivity (Wildman–Crippen MR) is 82.1 cm³/mol. The molecule has 0 aliphatic carbocycles. The minimum Gasteiger partial charge on any atom is -0.493 e. The van der Waals surface area contributed by atoms with Gasteiger partial charge in [0, 0.05) is 24.7 Å². The van der Waals surface area contributed by atoms with Crippen LogP contribution in [-0.4, -0.2) is 50.7 Å². The van der Waals surface area contributed by atoms with Crippen LogP contribution in [0, 0.1) is 0 Å². The maximum absolute atomic E-state index is 12.3. The Labute approximate surface area is 126 Å². The number of likely N-dealkylation sites (tertiary alicyclic amines) is 1. The summed E-state index contributed by atoms with van der Waals surface area (Å²) in [4.78, 5) is 14.7. The van der Waals surface area contributed by atoms with E-state index in [1.165, 1.54) is 0 Å². The Morgan fingerprint density at radius 3 is 2.48 bits per heavy atom. The van der Waals surface area contributed by atoms with Crippen LogP contribution in [0.1, 0.15) is 30.1 Å². The molecule has 1 saturated heterocycles. The summed E-state index contributed by atoms with van der Waals surface area (Å²) in [7, 11) is 3.15. The van der Waals surface area contributed by atoms with Gasteiger partial charge in [-0.05, 0) is 37.6 Å². The molecule has 116 valence electrons. The molecule has 0 bridgehead atoms. The van der Waals surface area contributed by atoms with Gasteiger partial charge in [-0.3, -0.25) is 4.79 Å². The molecule has 1 amide bonds. The third kappa shape index (κ3) is 3.88. The number of amides is 1. The van der Waals surface area contributed by atoms with E-state index in [0.29, 0.717) is 17.1 Å². The van der Waals surface area contributed by atoms with Crippen molar-refractivity contribution in [2.75, 3.05) is 33.9 Å². The maximum Gasteiger partial charge on any atom is 0.251 e. The molecule has 1 aromatic carbocycles. The van der Waals surface area contributed by atoms with E-state index in [0.717, 1.165) is 32.5 Å². The highest BCUT2D eigenvalue weighted by Gasteiger charge is 2.20. The van der Waals surface area contributed by atoms with Crippen molar-refractivity contribution in [3.05, 3.63) is 23.8 Å². The number of ether oxygens (including phenoxy) is 2. The summed E-state index contributed by atoms with van der Waals surface area (Å²) in [5.41, 5.74) is 0.602. The van der Waals surface area contributed by atoms with Crippen molar-refractivity contribution in [1.82, 2.24) is 10.2 Å². The van der Waals surface area contributed by atoms with E-state index in [9.17, 15) is 4.79 Å². The lowest BCUT2D eigenvalue weighted by molar-refractivity contribution is 0.0912. The molecule has 1 fully saturated rings. The summed E-state index contributed by atoms with van der Waals surface area (Å²) in [6.45, 7) is 5.35. The minimum atomic E-state index is -0.0501. The fourth-order valence-electron chi connectivity index (χ4n) is 2.64. The van der Waals surface area contributed by atoms with Gasteiger partial charge >= 0.3 is 0 Å². The summed E-state index contributed by atoms with van der Waals surface area (Å²) in [5, 5.41) is 3.11. The van der Waals surface area contributed by atoms with Crippen LogP contribution in [0.3, 0.4) is 0 Å². The van der Waals surface area contributed by atoms with Gasteiger partial charge < -0.3 is 19.7 Å². The van der Waals surface area contributed by atoms with Crippen molar-refractivity contribution in [3.8, 4) is 11.5 Å². The number of benzene rings is 1. The molecule has 0 aromatic heterocycles. The number of nitrogens with one attached hydrogen (secondary N) is 1. The van der Waals surface area contributed by atoms with Crippen molar-refractivity contribution in [3.63, 3.8) is 0 Å². The molecule has 1 aliphatic rings. The van der Waals surface area contributed by atoms with Crippen LogP contribution in [-0.2, 0) is 0 Å². The van der Waals surface area contributed by atoms with Gasteiger partial charge in [0.25, 0.3) is 5.91 Å². The Kier molecular flexibility index (Phi) is 5.44. The molecule has 1 heterocycles. The molecule has 0 saturated carbocycles. The molecule has 1 aliphatic heterocycles. The molecule has 21 heavy (non-hydrogen) atoms. The molecule has 2 rings (SSSR count). The van der Waals surface area contributed by atoms with Crippen LogP contribution in [0.4, 0.5) is 0 Å². The van der Waals surface area contributed by atoms with E-state index in [-0.39, 0.29) is 11.9 Å².